The Balaban J connectivity index is 1.63. The van der Waals surface area contributed by atoms with Crippen LogP contribution >= 0.6 is 15.9 Å². The third-order valence-corrected chi connectivity index (χ3v) is 5.66. The van der Waals surface area contributed by atoms with Crippen LogP contribution in [0.3, 0.4) is 0 Å². The van der Waals surface area contributed by atoms with E-state index in [-0.39, 0.29) is 11.7 Å². The summed E-state index contributed by atoms with van der Waals surface area (Å²) in [5.41, 5.74) is 2.18. The molecule has 1 amide bonds. The number of halogens is 2. The van der Waals surface area contributed by atoms with E-state index in [9.17, 15) is 9.18 Å². The molecule has 2 aliphatic rings. The number of benzene rings is 1. The number of nitrogens with zero attached hydrogens (tertiary/aromatic N) is 3. The van der Waals surface area contributed by atoms with E-state index >= 15 is 0 Å². The molecule has 1 aliphatic carbocycles. The molecule has 3 heterocycles. The highest BCUT2D eigenvalue weighted by atomic mass is 79.9. The summed E-state index contributed by atoms with van der Waals surface area (Å²) in [4.78, 5) is 19.3. The lowest BCUT2D eigenvalue weighted by atomic mass is 10.1. The molecule has 1 spiro atoms. The zero-order valence-electron chi connectivity index (χ0n) is 14.0. The van der Waals surface area contributed by atoms with Crippen LogP contribution in [0.25, 0.3) is 5.65 Å². The van der Waals surface area contributed by atoms with Crippen molar-refractivity contribution in [3.63, 3.8) is 0 Å². The zero-order valence-corrected chi connectivity index (χ0v) is 15.6. The Hall–Kier alpha value is -2.41. The van der Waals surface area contributed by atoms with Gasteiger partial charge in [0, 0.05) is 25.1 Å². The molecule has 1 aromatic carbocycles. The number of carbonyl (C=O) groups is 1. The Labute approximate surface area is 157 Å². The Kier molecular flexibility index (Phi) is 3.22. The molecule has 3 aromatic rings. The number of imidazole rings is 1. The van der Waals surface area contributed by atoms with Crippen LogP contribution in [0.15, 0.2) is 41.0 Å². The molecule has 1 saturated carbocycles. The van der Waals surface area contributed by atoms with E-state index in [4.69, 9.17) is 4.74 Å². The second-order valence-corrected chi connectivity index (χ2v) is 7.65. The number of hydrogen-bond acceptors (Lipinski definition) is 3. The van der Waals surface area contributed by atoms with E-state index < -0.39 is 5.60 Å². The zero-order chi connectivity index (χ0) is 18.1. The highest BCUT2D eigenvalue weighted by molar-refractivity contribution is 9.10. The largest absolute Gasteiger partial charge is 0.475 e. The molecule has 132 valence electrons. The van der Waals surface area contributed by atoms with Gasteiger partial charge in [-0.1, -0.05) is 12.1 Å². The summed E-state index contributed by atoms with van der Waals surface area (Å²) in [6.45, 7) is 2.23. The first-order chi connectivity index (χ1) is 12.5. The first kappa shape index (κ1) is 15.8. The number of pyridine rings is 1. The molecule has 1 aliphatic heterocycles. The van der Waals surface area contributed by atoms with Crippen molar-refractivity contribution in [3.8, 4) is 5.75 Å². The minimum atomic E-state index is -0.713. The van der Waals surface area contributed by atoms with Gasteiger partial charge in [0.05, 0.1) is 28.1 Å². The van der Waals surface area contributed by atoms with Gasteiger partial charge in [-0.15, -0.1) is 0 Å². The maximum Gasteiger partial charge on any atom is 0.271 e. The fourth-order valence-electron chi connectivity index (χ4n) is 3.51. The summed E-state index contributed by atoms with van der Waals surface area (Å²) in [7, 11) is 0. The van der Waals surface area contributed by atoms with Crippen molar-refractivity contribution in [2.24, 2.45) is 0 Å². The number of para-hydroxylation sites is 2. The molecule has 1 fully saturated rings. The Bertz CT molecular complexity index is 1070. The fraction of sp³-hybridized carbons (Fsp3) is 0.263. The molecule has 0 N–H and O–H groups in total. The smallest absolute Gasteiger partial charge is 0.271 e. The van der Waals surface area contributed by atoms with Gasteiger partial charge in [0.15, 0.2) is 5.60 Å². The molecule has 26 heavy (non-hydrogen) atoms. The summed E-state index contributed by atoms with van der Waals surface area (Å²) < 4.78 is 22.0. The highest BCUT2D eigenvalue weighted by Crippen LogP contribution is 2.49. The SMILES string of the molecule is Cc1nc2cc(F)c(Br)cn2c1CN1C(=O)C2(CC2)Oc2ccccc21. The van der Waals surface area contributed by atoms with Crippen LogP contribution in [0.5, 0.6) is 5.75 Å². The molecule has 0 unspecified atom stereocenters. The lowest BCUT2D eigenvalue weighted by Gasteiger charge is -2.34. The Morgan fingerprint density at radius 1 is 1.35 bits per heavy atom. The minimum absolute atomic E-state index is 0.0215. The Morgan fingerprint density at radius 2 is 2.12 bits per heavy atom. The Morgan fingerprint density at radius 3 is 2.88 bits per heavy atom. The molecule has 0 atom stereocenters. The topological polar surface area (TPSA) is 46.8 Å². The number of amides is 1. The number of carbonyl (C=O) groups excluding carboxylic acids is 1. The van der Waals surface area contributed by atoms with Crippen LogP contribution in [0.1, 0.15) is 24.2 Å². The van der Waals surface area contributed by atoms with E-state index in [1.165, 1.54) is 6.07 Å². The van der Waals surface area contributed by atoms with Crippen molar-refractivity contribution in [2.75, 3.05) is 4.90 Å². The van der Waals surface area contributed by atoms with E-state index in [2.05, 4.69) is 20.9 Å². The normalized spacial score (nSPS) is 17.5. The van der Waals surface area contributed by atoms with E-state index in [0.29, 0.717) is 16.7 Å². The van der Waals surface area contributed by atoms with Gasteiger partial charge >= 0.3 is 0 Å². The number of rotatable bonds is 2. The third kappa shape index (κ3) is 2.19. The van der Waals surface area contributed by atoms with Gasteiger partial charge in [-0.05, 0) is 35.0 Å². The summed E-state index contributed by atoms with van der Waals surface area (Å²) in [5, 5.41) is 0. The van der Waals surface area contributed by atoms with Crippen molar-refractivity contribution in [3.05, 3.63) is 58.2 Å². The molecule has 2 aromatic heterocycles. The quantitative estimate of drug-likeness (QED) is 0.635. The maximum atomic E-state index is 13.8. The molecule has 7 heteroatoms. The number of aromatic nitrogens is 2. The van der Waals surface area contributed by atoms with Crippen LogP contribution in [-0.2, 0) is 11.3 Å². The van der Waals surface area contributed by atoms with Crippen molar-refractivity contribution in [1.82, 2.24) is 9.38 Å². The first-order valence-corrected chi connectivity index (χ1v) is 9.20. The molecule has 0 bridgehead atoms. The summed E-state index contributed by atoms with van der Waals surface area (Å²) in [6, 6.07) is 8.96. The average molecular weight is 416 g/mol. The second-order valence-electron chi connectivity index (χ2n) is 6.80. The standard InChI is InChI=1S/C19H15BrFN3O2/c1-11-15(23-9-12(20)13(21)8-17(23)22-11)10-24-14-4-2-3-5-16(14)26-19(6-7-19)18(24)25/h2-5,8-9H,6-7,10H2,1H3. The van der Waals surface area contributed by atoms with Gasteiger partial charge in [-0.3, -0.25) is 9.69 Å². The molecule has 5 rings (SSSR count). The van der Waals surface area contributed by atoms with Gasteiger partial charge in [-0.2, -0.15) is 0 Å². The van der Waals surface area contributed by atoms with Gasteiger partial charge in [0.25, 0.3) is 5.91 Å². The predicted octanol–water partition coefficient (Wildman–Crippen LogP) is 4.00. The maximum absolute atomic E-state index is 13.8. The van der Waals surface area contributed by atoms with Crippen LogP contribution in [0.4, 0.5) is 10.1 Å². The van der Waals surface area contributed by atoms with Crippen LogP contribution < -0.4 is 9.64 Å². The summed E-state index contributed by atoms with van der Waals surface area (Å²) in [6.07, 6.45) is 3.13. The van der Waals surface area contributed by atoms with Crippen LogP contribution in [0, 0.1) is 12.7 Å². The van der Waals surface area contributed by atoms with Crippen molar-refractivity contribution in [2.45, 2.75) is 31.9 Å². The third-order valence-electron chi connectivity index (χ3n) is 5.07. The molecular weight excluding hydrogens is 401 g/mol. The monoisotopic (exact) mass is 415 g/mol. The van der Waals surface area contributed by atoms with Gasteiger partial charge in [-0.25, -0.2) is 9.37 Å². The highest BCUT2D eigenvalue weighted by Gasteiger charge is 2.57. The average Bonchev–Trinajstić information content (AvgIpc) is 3.33. The van der Waals surface area contributed by atoms with Gasteiger partial charge < -0.3 is 9.14 Å². The molecule has 0 saturated heterocycles. The number of ether oxygens (including phenoxy) is 1. The van der Waals surface area contributed by atoms with E-state index in [1.54, 1.807) is 11.1 Å². The fourth-order valence-corrected chi connectivity index (χ4v) is 3.83. The number of aryl methyl sites for hydroxylation is 1. The predicted molar refractivity (Wildman–Crippen MR) is 97.8 cm³/mol. The van der Waals surface area contributed by atoms with E-state index in [1.807, 2.05) is 35.6 Å². The minimum Gasteiger partial charge on any atom is -0.475 e. The number of fused-ring (bicyclic) bond motifs is 2. The van der Waals surface area contributed by atoms with Crippen molar-refractivity contribution in [1.29, 1.82) is 0 Å². The van der Waals surface area contributed by atoms with E-state index in [0.717, 1.165) is 35.7 Å². The molecule has 0 radical (unpaired) electrons. The lowest BCUT2D eigenvalue weighted by Crippen LogP contribution is -2.47. The van der Waals surface area contributed by atoms with Gasteiger partial charge in [0.1, 0.15) is 17.2 Å². The number of anilines is 1. The molecule has 5 nitrogen and oxygen atoms in total. The van der Waals surface area contributed by atoms with Gasteiger partial charge in [0.2, 0.25) is 0 Å². The van der Waals surface area contributed by atoms with Crippen molar-refractivity contribution < 1.29 is 13.9 Å². The van der Waals surface area contributed by atoms with Crippen LogP contribution in [-0.4, -0.2) is 20.9 Å². The first-order valence-electron chi connectivity index (χ1n) is 8.41. The van der Waals surface area contributed by atoms with Crippen molar-refractivity contribution >= 4 is 33.2 Å². The summed E-state index contributed by atoms with van der Waals surface area (Å²) >= 11 is 3.23. The summed E-state index contributed by atoms with van der Waals surface area (Å²) in [5.74, 6) is 0.341. The lowest BCUT2D eigenvalue weighted by molar-refractivity contribution is -0.128. The van der Waals surface area contributed by atoms with Crippen LogP contribution in [0.2, 0.25) is 0 Å². The second kappa shape index (κ2) is 5.30. The molecular formula is C19H15BrFN3O2. The number of hydrogen-bond donors (Lipinski definition) is 0.